The summed E-state index contributed by atoms with van der Waals surface area (Å²) in [5, 5.41) is 4.00. The lowest BCUT2D eigenvalue weighted by Crippen LogP contribution is -2.35. The van der Waals surface area contributed by atoms with Gasteiger partial charge in [0.2, 0.25) is 0 Å². The minimum Gasteiger partial charge on any atom is -0.356 e. The van der Waals surface area contributed by atoms with Gasteiger partial charge in [-0.25, -0.2) is 4.98 Å². The van der Waals surface area contributed by atoms with Crippen LogP contribution in [0.5, 0.6) is 0 Å². The molecule has 0 spiro atoms. The van der Waals surface area contributed by atoms with Crippen LogP contribution < -0.4 is 10.2 Å². The fraction of sp³-hybridized carbons (Fsp3) is 0.333. The van der Waals surface area contributed by atoms with Crippen molar-refractivity contribution >= 4 is 22.6 Å². The maximum absolute atomic E-state index is 13.1. The lowest BCUT2D eigenvalue weighted by molar-refractivity contribution is 0.0952. The molecule has 1 saturated heterocycles. The Labute approximate surface area is 166 Å². The SMILES string of the molecule is Cc1ccccc1CNC(=O)c1cc(N2CCC[C@H](C)C2)nc2ccccc12. The number of rotatable bonds is 4. The first kappa shape index (κ1) is 18.5. The van der Waals surface area contributed by atoms with Gasteiger partial charge >= 0.3 is 0 Å². The van der Waals surface area contributed by atoms with Gasteiger partial charge in [-0.3, -0.25) is 4.79 Å². The normalized spacial score (nSPS) is 16.9. The summed E-state index contributed by atoms with van der Waals surface area (Å²) in [6.07, 6.45) is 2.43. The van der Waals surface area contributed by atoms with E-state index in [1.54, 1.807) is 0 Å². The van der Waals surface area contributed by atoms with Gasteiger partial charge in [0.15, 0.2) is 0 Å². The van der Waals surface area contributed by atoms with Crippen LogP contribution >= 0.6 is 0 Å². The van der Waals surface area contributed by atoms with E-state index in [0.29, 0.717) is 18.0 Å². The molecule has 1 aliphatic rings. The topological polar surface area (TPSA) is 45.2 Å². The van der Waals surface area contributed by atoms with E-state index in [1.807, 2.05) is 42.5 Å². The van der Waals surface area contributed by atoms with Crippen LogP contribution in [0.4, 0.5) is 5.82 Å². The zero-order chi connectivity index (χ0) is 19.5. The predicted octanol–water partition coefficient (Wildman–Crippen LogP) is 4.71. The molecule has 2 heterocycles. The Kier molecular flexibility index (Phi) is 5.29. The number of amides is 1. The van der Waals surface area contributed by atoms with Crippen LogP contribution in [-0.4, -0.2) is 24.0 Å². The first-order valence-corrected chi connectivity index (χ1v) is 10.1. The Morgan fingerprint density at radius 2 is 1.96 bits per heavy atom. The number of aromatic nitrogens is 1. The summed E-state index contributed by atoms with van der Waals surface area (Å²) in [6.45, 7) is 6.87. The molecule has 1 atom stereocenters. The van der Waals surface area contributed by atoms with Gasteiger partial charge in [-0.15, -0.1) is 0 Å². The number of nitrogens with one attached hydrogen (secondary N) is 1. The van der Waals surface area contributed by atoms with Gasteiger partial charge in [0.05, 0.1) is 11.1 Å². The number of fused-ring (bicyclic) bond motifs is 1. The first-order valence-electron chi connectivity index (χ1n) is 10.1. The monoisotopic (exact) mass is 373 g/mol. The zero-order valence-electron chi connectivity index (χ0n) is 16.6. The van der Waals surface area contributed by atoms with Crippen LogP contribution in [0, 0.1) is 12.8 Å². The van der Waals surface area contributed by atoms with Crippen LogP contribution in [-0.2, 0) is 6.54 Å². The predicted molar refractivity (Wildman–Crippen MR) is 115 cm³/mol. The third-order valence-corrected chi connectivity index (χ3v) is 5.63. The highest BCUT2D eigenvalue weighted by Gasteiger charge is 2.20. The molecule has 1 amide bonds. The molecule has 4 rings (SSSR count). The number of hydrogen-bond donors (Lipinski definition) is 1. The Balaban J connectivity index is 1.64. The molecule has 4 nitrogen and oxygen atoms in total. The summed E-state index contributed by atoms with van der Waals surface area (Å²) in [7, 11) is 0. The van der Waals surface area contributed by atoms with Gasteiger partial charge in [0.1, 0.15) is 5.82 Å². The molecule has 1 N–H and O–H groups in total. The van der Waals surface area contributed by atoms with Gasteiger partial charge in [0, 0.05) is 25.0 Å². The number of anilines is 1. The van der Waals surface area contributed by atoms with Crippen LogP contribution in [0.2, 0.25) is 0 Å². The van der Waals surface area contributed by atoms with Gasteiger partial charge in [-0.1, -0.05) is 49.4 Å². The summed E-state index contributed by atoms with van der Waals surface area (Å²) in [4.78, 5) is 20.3. The minimum atomic E-state index is -0.0480. The van der Waals surface area contributed by atoms with Crippen molar-refractivity contribution in [3.8, 4) is 0 Å². The van der Waals surface area contributed by atoms with Crippen molar-refractivity contribution < 1.29 is 4.79 Å². The second-order valence-electron chi connectivity index (χ2n) is 7.85. The van der Waals surface area contributed by atoms with Crippen LogP contribution in [0.3, 0.4) is 0 Å². The molecule has 28 heavy (non-hydrogen) atoms. The second-order valence-corrected chi connectivity index (χ2v) is 7.85. The number of piperidine rings is 1. The Morgan fingerprint density at radius 3 is 2.79 bits per heavy atom. The largest absolute Gasteiger partial charge is 0.356 e. The molecule has 1 aliphatic heterocycles. The van der Waals surface area contributed by atoms with E-state index < -0.39 is 0 Å². The van der Waals surface area contributed by atoms with E-state index in [1.165, 1.54) is 18.4 Å². The smallest absolute Gasteiger partial charge is 0.252 e. The number of benzene rings is 2. The summed E-state index contributed by atoms with van der Waals surface area (Å²) < 4.78 is 0. The third kappa shape index (κ3) is 3.86. The molecule has 0 saturated carbocycles. The number of aryl methyl sites for hydroxylation is 1. The zero-order valence-corrected chi connectivity index (χ0v) is 16.6. The molecule has 1 aromatic heterocycles. The van der Waals surface area contributed by atoms with Gasteiger partial charge in [0.25, 0.3) is 5.91 Å². The molecule has 0 aliphatic carbocycles. The van der Waals surface area contributed by atoms with Crippen molar-refractivity contribution in [3.63, 3.8) is 0 Å². The van der Waals surface area contributed by atoms with Crippen LogP contribution in [0.25, 0.3) is 10.9 Å². The number of hydrogen-bond acceptors (Lipinski definition) is 3. The molecule has 0 radical (unpaired) electrons. The summed E-state index contributed by atoms with van der Waals surface area (Å²) >= 11 is 0. The lowest BCUT2D eigenvalue weighted by atomic mass is 10.00. The van der Waals surface area contributed by atoms with Crippen molar-refractivity contribution in [2.45, 2.75) is 33.2 Å². The summed E-state index contributed by atoms with van der Waals surface area (Å²) in [6, 6.07) is 18.0. The maximum atomic E-state index is 13.1. The molecule has 4 heteroatoms. The van der Waals surface area contributed by atoms with Gasteiger partial charge in [-0.05, 0) is 48.9 Å². The third-order valence-electron chi connectivity index (χ3n) is 5.63. The number of nitrogens with zero attached hydrogens (tertiary/aromatic N) is 2. The average Bonchev–Trinajstić information content (AvgIpc) is 2.72. The van der Waals surface area contributed by atoms with Crippen molar-refractivity contribution in [3.05, 3.63) is 71.3 Å². The highest BCUT2D eigenvalue weighted by Crippen LogP contribution is 2.26. The summed E-state index contributed by atoms with van der Waals surface area (Å²) in [5.74, 6) is 1.51. The molecule has 0 unspecified atom stereocenters. The van der Waals surface area contributed by atoms with Crippen molar-refractivity contribution in [1.82, 2.24) is 10.3 Å². The van der Waals surface area contributed by atoms with E-state index in [2.05, 4.69) is 36.2 Å². The molecule has 2 aromatic carbocycles. The molecular weight excluding hydrogens is 346 g/mol. The van der Waals surface area contributed by atoms with E-state index in [9.17, 15) is 4.79 Å². The second kappa shape index (κ2) is 8.01. The lowest BCUT2D eigenvalue weighted by Gasteiger charge is -2.32. The summed E-state index contributed by atoms with van der Waals surface area (Å²) in [5.41, 5.74) is 3.90. The van der Waals surface area contributed by atoms with E-state index in [-0.39, 0.29) is 5.91 Å². The number of carbonyl (C=O) groups is 1. The number of carbonyl (C=O) groups excluding carboxylic acids is 1. The molecule has 144 valence electrons. The quantitative estimate of drug-likeness (QED) is 0.720. The van der Waals surface area contributed by atoms with E-state index in [0.717, 1.165) is 35.4 Å². The standard InChI is InChI=1S/C24H27N3O/c1-17-8-7-13-27(16-17)23-14-21(20-11-5-6-12-22(20)26-23)24(28)25-15-19-10-4-3-9-18(19)2/h3-6,9-12,14,17H,7-8,13,15-16H2,1-2H3,(H,25,28)/t17-/m0/s1. The van der Waals surface area contributed by atoms with Crippen molar-refractivity contribution in [1.29, 1.82) is 0 Å². The Morgan fingerprint density at radius 1 is 1.18 bits per heavy atom. The average molecular weight is 374 g/mol. The highest BCUT2D eigenvalue weighted by molar-refractivity contribution is 6.07. The fourth-order valence-corrected chi connectivity index (χ4v) is 3.99. The first-order chi connectivity index (χ1) is 13.6. The molecule has 3 aromatic rings. The van der Waals surface area contributed by atoms with Crippen LogP contribution in [0.15, 0.2) is 54.6 Å². The molecule has 0 bridgehead atoms. The Bertz CT molecular complexity index is 998. The van der Waals surface area contributed by atoms with Gasteiger partial charge in [-0.2, -0.15) is 0 Å². The number of pyridine rings is 1. The molecular formula is C24H27N3O. The highest BCUT2D eigenvalue weighted by atomic mass is 16.1. The minimum absolute atomic E-state index is 0.0480. The van der Waals surface area contributed by atoms with Gasteiger partial charge < -0.3 is 10.2 Å². The van der Waals surface area contributed by atoms with Crippen LogP contribution in [0.1, 0.15) is 41.3 Å². The Hall–Kier alpha value is -2.88. The fourth-order valence-electron chi connectivity index (χ4n) is 3.99. The van der Waals surface area contributed by atoms with E-state index in [4.69, 9.17) is 4.98 Å². The molecule has 1 fully saturated rings. The van der Waals surface area contributed by atoms with E-state index >= 15 is 0 Å². The number of para-hydroxylation sites is 1. The maximum Gasteiger partial charge on any atom is 0.252 e. The van der Waals surface area contributed by atoms with Crippen molar-refractivity contribution in [2.24, 2.45) is 5.92 Å². The van der Waals surface area contributed by atoms with Crippen molar-refractivity contribution in [2.75, 3.05) is 18.0 Å².